The number of rotatable bonds is 6. The number of nitrogens with two attached hydrogens (primary N) is 1. The lowest BCUT2D eigenvalue weighted by atomic mass is 9.97. The van der Waals surface area contributed by atoms with Gasteiger partial charge in [-0.2, -0.15) is 21.6 Å². The van der Waals surface area contributed by atoms with Crippen molar-refractivity contribution in [1.29, 1.82) is 0 Å². The van der Waals surface area contributed by atoms with Crippen molar-refractivity contribution in [1.82, 2.24) is 4.72 Å². The SMILES string of the molecule is NS(=O)(=O)NCC1CCCN(c2ccc(S(=O)(=O)C(F)(F)F)cc2[N+](=O)[O-])C1. The molecule has 2 rings (SSSR count). The van der Waals surface area contributed by atoms with Gasteiger partial charge in [0.1, 0.15) is 5.69 Å². The highest BCUT2D eigenvalue weighted by atomic mass is 32.2. The van der Waals surface area contributed by atoms with E-state index in [2.05, 4.69) is 4.72 Å². The monoisotopic (exact) mass is 446 g/mol. The summed E-state index contributed by atoms with van der Waals surface area (Å²) in [4.78, 5) is 10.6. The molecule has 1 atom stereocenters. The summed E-state index contributed by atoms with van der Waals surface area (Å²) in [5.74, 6) is -0.245. The zero-order valence-electron chi connectivity index (χ0n) is 14.2. The van der Waals surface area contributed by atoms with Crippen molar-refractivity contribution in [3.63, 3.8) is 0 Å². The van der Waals surface area contributed by atoms with Gasteiger partial charge in [-0.05, 0) is 30.9 Å². The van der Waals surface area contributed by atoms with Crippen LogP contribution < -0.4 is 14.8 Å². The second-order valence-corrected chi connectivity index (χ2v) is 9.52. The van der Waals surface area contributed by atoms with Crippen LogP contribution in [0.2, 0.25) is 0 Å². The van der Waals surface area contributed by atoms with Crippen LogP contribution in [0, 0.1) is 16.0 Å². The third-order valence-corrected chi connectivity index (χ3v) is 6.24. The number of benzene rings is 1. The van der Waals surface area contributed by atoms with Gasteiger partial charge < -0.3 is 4.90 Å². The van der Waals surface area contributed by atoms with E-state index in [-0.39, 0.29) is 24.7 Å². The molecule has 1 saturated heterocycles. The molecule has 0 amide bonds. The standard InChI is InChI=1S/C13H17F3N4O6S2/c14-13(15,16)27(23,24)10-3-4-11(12(6-10)20(21)22)19-5-1-2-9(8-19)7-18-28(17,25)26/h3-4,6,9,18H,1-2,5,7-8H2,(H2,17,25,26). The lowest BCUT2D eigenvalue weighted by molar-refractivity contribution is -0.384. The lowest BCUT2D eigenvalue weighted by Gasteiger charge is -2.34. The maximum atomic E-state index is 12.7. The molecule has 1 aromatic rings. The van der Waals surface area contributed by atoms with E-state index in [4.69, 9.17) is 5.14 Å². The molecule has 0 aromatic heterocycles. The Balaban J connectivity index is 2.34. The number of alkyl halides is 3. The first-order valence-corrected chi connectivity index (χ1v) is 10.9. The fourth-order valence-corrected chi connectivity index (χ4v) is 4.15. The normalized spacial score (nSPS) is 18.9. The van der Waals surface area contributed by atoms with Crippen LogP contribution in [0.3, 0.4) is 0 Å². The number of nitro groups is 1. The Morgan fingerprint density at radius 3 is 2.46 bits per heavy atom. The zero-order valence-corrected chi connectivity index (χ0v) is 15.8. The van der Waals surface area contributed by atoms with Crippen LogP contribution in [-0.2, 0) is 20.0 Å². The van der Waals surface area contributed by atoms with Gasteiger partial charge in [-0.3, -0.25) is 10.1 Å². The number of nitrogens with zero attached hydrogens (tertiary/aromatic N) is 2. The molecule has 0 radical (unpaired) electrons. The van der Waals surface area contributed by atoms with Crippen LogP contribution in [-0.4, -0.2) is 46.9 Å². The van der Waals surface area contributed by atoms with E-state index in [1.165, 1.54) is 4.90 Å². The number of nitro benzene ring substituents is 1. The summed E-state index contributed by atoms with van der Waals surface area (Å²) >= 11 is 0. The number of nitrogens with one attached hydrogen (secondary N) is 1. The predicted molar refractivity (Wildman–Crippen MR) is 92.4 cm³/mol. The third kappa shape index (κ3) is 5.09. The predicted octanol–water partition coefficient (Wildman–Crippen LogP) is 0.898. The van der Waals surface area contributed by atoms with E-state index in [0.29, 0.717) is 31.5 Å². The highest BCUT2D eigenvalue weighted by Gasteiger charge is 2.47. The molecular formula is C13H17F3N4O6S2. The first kappa shape index (κ1) is 22.3. The fourth-order valence-electron chi connectivity index (χ4n) is 2.90. The Kier molecular flexibility index (Phi) is 6.22. The second-order valence-electron chi connectivity index (χ2n) is 6.20. The molecule has 3 N–H and O–H groups in total. The average Bonchev–Trinajstić information content (AvgIpc) is 2.58. The summed E-state index contributed by atoms with van der Waals surface area (Å²) in [6, 6.07) is 1.99. The van der Waals surface area contributed by atoms with E-state index >= 15 is 0 Å². The van der Waals surface area contributed by atoms with Crippen LogP contribution >= 0.6 is 0 Å². The van der Waals surface area contributed by atoms with Gasteiger partial charge in [0.15, 0.2) is 0 Å². The highest BCUT2D eigenvalue weighted by Crippen LogP contribution is 2.37. The molecule has 28 heavy (non-hydrogen) atoms. The molecule has 158 valence electrons. The molecule has 1 aromatic carbocycles. The second kappa shape index (κ2) is 7.81. The number of piperidine rings is 1. The summed E-state index contributed by atoms with van der Waals surface area (Å²) < 4.78 is 85.3. The summed E-state index contributed by atoms with van der Waals surface area (Å²) in [6.45, 7) is 0.497. The molecule has 0 spiro atoms. The number of hydrogen-bond acceptors (Lipinski definition) is 7. The van der Waals surface area contributed by atoms with Crippen LogP contribution in [0.25, 0.3) is 0 Å². The molecule has 15 heteroatoms. The van der Waals surface area contributed by atoms with Gasteiger partial charge in [-0.25, -0.2) is 18.3 Å². The number of halogens is 3. The largest absolute Gasteiger partial charge is 0.501 e. The smallest absolute Gasteiger partial charge is 0.366 e. The summed E-state index contributed by atoms with van der Waals surface area (Å²) in [7, 11) is -9.64. The Labute approximate surface area is 158 Å². The molecule has 1 aliphatic heterocycles. The van der Waals surface area contributed by atoms with Crippen molar-refractivity contribution in [2.75, 3.05) is 24.5 Å². The molecule has 1 aliphatic rings. The van der Waals surface area contributed by atoms with Crippen LogP contribution in [0.4, 0.5) is 24.5 Å². The maximum absolute atomic E-state index is 12.7. The molecule has 1 fully saturated rings. The Morgan fingerprint density at radius 1 is 1.29 bits per heavy atom. The minimum absolute atomic E-state index is 0.0103. The third-order valence-electron chi connectivity index (χ3n) is 4.19. The van der Waals surface area contributed by atoms with Gasteiger partial charge in [0.05, 0.1) is 9.82 Å². The van der Waals surface area contributed by atoms with Crippen molar-refractivity contribution in [3.8, 4) is 0 Å². The number of anilines is 1. The number of sulfone groups is 1. The first-order chi connectivity index (χ1) is 12.7. The summed E-state index contributed by atoms with van der Waals surface area (Å²) in [6.07, 6.45) is 1.14. The van der Waals surface area contributed by atoms with Gasteiger partial charge in [0.2, 0.25) is 0 Å². The summed E-state index contributed by atoms with van der Waals surface area (Å²) in [5, 5.41) is 16.2. The number of hydrogen-bond donors (Lipinski definition) is 2. The summed E-state index contributed by atoms with van der Waals surface area (Å²) in [5.41, 5.74) is -6.42. The lowest BCUT2D eigenvalue weighted by Crippen LogP contribution is -2.42. The van der Waals surface area contributed by atoms with Gasteiger partial charge in [0, 0.05) is 25.7 Å². The molecular weight excluding hydrogens is 429 g/mol. The van der Waals surface area contributed by atoms with E-state index in [9.17, 15) is 40.1 Å². The Morgan fingerprint density at radius 2 is 1.93 bits per heavy atom. The Bertz CT molecular complexity index is 965. The minimum Gasteiger partial charge on any atom is -0.366 e. The van der Waals surface area contributed by atoms with Crippen LogP contribution in [0.15, 0.2) is 23.1 Å². The molecule has 0 aliphatic carbocycles. The Hall–Kier alpha value is -1.97. The van der Waals surface area contributed by atoms with Crippen molar-refractivity contribution in [2.24, 2.45) is 11.1 Å². The van der Waals surface area contributed by atoms with E-state index in [1.54, 1.807) is 0 Å². The van der Waals surface area contributed by atoms with Crippen molar-refractivity contribution in [3.05, 3.63) is 28.3 Å². The van der Waals surface area contributed by atoms with E-state index < -0.39 is 41.1 Å². The first-order valence-electron chi connectivity index (χ1n) is 7.84. The zero-order chi connectivity index (χ0) is 21.3. The van der Waals surface area contributed by atoms with Gasteiger partial charge in [0.25, 0.3) is 25.7 Å². The van der Waals surface area contributed by atoms with Gasteiger partial charge >= 0.3 is 5.51 Å². The van der Waals surface area contributed by atoms with Crippen molar-refractivity contribution >= 4 is 31.4 Å². The van der Waals surface area contributed by atoms with Crippen molar-refractivity contribution in [2.45, 2.75) is 23.2 Å². The van der Waals surface area contributed by atoms with E-state index in [1.807, 2.05) is 0 Å². The van der Waals surface area contributed by atoms with Gasteiger partial charge in [-0.1, -0.05) is 0 Å². The highest BCUT2D eigenvalue weighted by molar-refractivity contribution is 7.92. The minimum atomic E-state index is -5.73. The van der Waals surface area contributed by atoms with Crippen LogP contribution in [0.1, 0.15) is 12.8 Å². The molecule has 0 bridgehead atoms. The topological polar surface area (TPSA) is 153 Å². The quantitative estimate of drug-likeness (QED) is 0.486. The van der Waals surface area contributed by atoms with Crippen LogP contribution in [0.5, 0.6) is 0 Å². The van der Waals surface area contributed by atoms with Gasteiger partial charge in [-0.15, -0.1) is 0 Å². The average molecular weight is 446 g/mol. The fraction of sp³-hybridized carbons (Fsp3) is 0.538. The maximum Gasteiger partial charge on any atom is 0.501 e. The molecule has 1 heterocycles. The molecule has 1 unspecified atom stereocenters. The molecule has 10 nitrogen and oxygen atoms in total. The molecule has 0 saturated carbocycles. The van der Waals surface area contributed by atoms with Crippen molar-refractivity contribution < 1.29 is 34.9 Å². The van der Waals surface area contributed by atoms with E-state index in [0.717, 1.165) is 6.07 Å².